The molecule has 0 saturated heterocycles. The third-order valence-electron chi connectivity index (χ3n) is 3.51. The summed E-state index contributed by atoms with van der Waals surface area (Å²) in [5, 5.41) is 1.10. The molecule has 2 heteroatoms. The van der Waals surface area contributed by atoms with E-state index in [0.717, 1.165) is 24.3 Å². The van der Waals surface area contributed by atoms with E-state index >= 15 is 0 Å². The third kappa shape index (κ3) is 3.92. The molecule has 1 aromatic carbocycles. The van der Waals surface area contributed by atoms with Gasteiger partial charge in [-0.3, -0.25) is 0 Å². The van der Waals surface area contributed by atoms with Crippen molar-refractivity contribution in [3.05, 3.63) is 48.5 Å². The Morgan fingerprint density at radius 2 is 1.90 bits per heavy atom. The van der Waals surface area contributed by atoms with Crippen molar-refractivity contribution in [2.24, 2.45) is 4.99 Å². The summed E-state index contributed by atoms with van der Waals surface area (Å²) in [6.07, 6.45) is 3.13. The van der Waals surface area contributed by atoms with Crippen LogP contribution in [0.1, 0.15) is 45.6 Å². The van der Waals surface area contributed by atoms with Crippen LogP contribution in [0.2, 0.25) is 0 Å². The van der Waals surface area contributed by atoms with E-state index in [1.807, 2.05) is 6.07 Å². The number of aliphatic imine (C=N–C) groups is 1. The first-order chi connectivity index (χ1) is 10.2. The highest BCUT2D eigenvalue weighted by Gasteiger charge is 2.12. The van der Waals surface area contributed by atoms with Gasteiger partial charge in [0.1, 0.15) is 5.00 Å². The standard InChI is InChI=1S/C19H23NS/c1-5-10-14(3)17-13-18(16-11-8-7-9-12-16)21-19(17)20-15(4)6-2/h7-9,11-13H,3,5-6,10H2,1-2,4H3. The monoisotopic (exact) mass is 297 g/mol. The molecule has 0 aliphatic rings. The molecule has 0 spiro atoms. The number of thiophene rings is 1. The number of hydrogen-bond donors (Lipinski definition) is 0. The Morgan fingerprint density at radius 1 is 1.19 bits per heavy atom. The first-order valence-corrected chi connectivity index (χ1v) is 8.38. The Hall–Kier alpha value is -1.67. The minimum absolute atomic E-state index is 0.984. The number of nitrogens with zero attached hydrogens (tertiary/aromatic N) is 1. The molecule has 0 unspecified atom stereocenters. The lowest BCUT2D eigenvalue weighted by molar-refractivity contribution is 0.976. The molecule has 110 valence electrons. The fraction of sp³-hybridized carbons (Fsp3) is 0.316. The van der Waals surface area contributed by atoms with E-state index in [1.54, 1.807) is 11.3 Å². The van der Waals surface area contributed by atoms with Gasteiger partial charge in [-0.15, -0.1) is 11.3 Å². The van der Waals surface area contributed by atoms with Gasteiger partial charge in [0.2, 0.25) is 0 Å². The fourth-order valence-corrected chi connectivity index (χ4v) is 3.31. The van der Waals surface area contributed by atoms with Gasteiger partial charge in [0.15, 0.2) is 0 Å². The van der Waals surface area contributed by atoms with Crippen LogP contribution in [0.5, 0.6) is 0 Å². The molecular weight excluding hydrogens is 274 g/mol. The van der Waals surface area contributed by atoms with Crippen molar-refractivity contribution in [1.82, 2.24) is 0 Å². The average Bonchev–Trinajstić information content (AvgIpc) is 2.92. The summed E-state index contributed by atoms with van der Waals surface area (Å²) in [4.78, 5) is 6.07. The lowest BCUT2D eigenvalue weighted by Crippen LogP contribution is -1.86. The second-order valence-electron chi connectivity index (χ2n) is 5.25. The van der Waals surface area contributed by atoms with Gasteiger partial charge in [0, 0.05) is 16.2 Å². The fourth-order valence-electron chi connectivity index (χ4n) is 2.15. The second-order valence-corrected chi connectivity index (χ2v) is 6.28. The van der Waals surface area contributed by atoms with Crippen molar-refractivity contribution in [2.45, 2.75) is 40.0 Å². The molecule has 21 heavy (non-hydrogen) atoms. The lowest BCUT2D eigenvalue weighted by atomic mass is 10.0. The van der Waals surface area contributed by atoms with Crippen LogP contribution in [-0.2, 0) is 0 Å². The Balaban J connectivity index is 2.47. The topological polar surface area (TPSA) is 12.4 Å². The van der Waals surface area contributed by atoms with Gasteiger partial charge in [0.25, 0.3) is 0 Å². The molecule has 0 fully saturated rings. The summed E-state index contributed by atoms with van der Waals surface area (Å²) in [6.45, 7) is 10.7. The highest BCUT2D eigenvalue weighted by atomic mass is 32.1. The number of allylic oxidation sites excluding steroid dienone is 1. The summed E-state index contributed by atoms with van der Waals surface area (Å²) in [6, 6.07) is 12.8. The summed E-state index contributed by atoms with van der Waals surface area (Å²) in [7, 11) is 0. The first-order valence-electron chi connectivity index (χ1n) is 7.57. The van der Waals surface area contributed by atoms with E-state index < -0.39 is 0 Å². The Kier molecular flexibility index (Phi) is 5.51. The highest BCUT2D eigenvalue weighted by molar-refractivity contribution is 7.19. The van der Waals surface area contributed by atoms with Gasteiger partial charge in [-0.05, 0) is 37.0 Å². The van der Waals surface area contributed by atoms with Crippen molar-refractivity contribution in [1.29, 1.82) is 0 Å². The maximum Gasteiger partial charge on any atom is 0.123 e. The van der Waals surface area contributed by atoms with Crippen LogP contribution in [0.4, 0.5) is 5.00 Å². The Bertz CT molecular complexity index is 635. The second kappa shape index (κ2) is 7.37. The van der Waals surface area contributed by atoms with Crippen molar-refractivity contribution < 1.29 is 0 Å². The minimum Gasteiger partial charge on any atom is -0.247 e. The van der Waals surface area contributed by atoms with Crippen molar-refractivity contribution >= 4 is 27.6 Å². The van der Waals surface area contributed by atoms with E-state index in [1.165, 1.54) is 27.3 Å². The number of hydrogen-bond acceptors (Lipinski definition) is 2. The Labute approximate surface area is 132 Å². The molecule has 0 aliphatic carbocycles. The molecule has 0 saturated carbocycles. The zero-order chi connectivity index (χ0) is 15.2. The SMILES string of the molecule is C=C(CCC)c1cc(-c2ccccc2)sc1N=C(C)CC. The van der Waals surface area contributed by atoms with E-state index in [9.17, 15) is 0 Å². The summed E-state index contributed by atoms with van der Waals surface area (Å²) < 4.78 is 0. The molecule has 2 rings (SSSR count). The predicted octanol–water partition coefficient (Wildman–Crippen LogP) is 6.73. The molecule has 2 aromatic rings. The third-order valence-corrected chi connectivity index (χ3v) is 4.59. The van der Waals surface area contributed by atoms with Gasteiger partial charge in [-0.2, -0.15) is 0 Å². The van der Waals surface area contributed by atoms with Crippen LogP contribution in [0, 0.1) is 0 Å². The molecular formula is C19H23NS. The van der Waals surface area contributed by atoms with Gasteiger partial charge >= 0.3 is 0 Å². The van der Waals surface area contributed by atoms with Gasteiger partial charge in [-0.25, -0.2) is 4.99 Å². The molecule has 0 bridgehead atoms. The van der Waals surface area contributed by atoms with E-state index in [4.69, 9.17) is 4.99 Å². The molecule has 0 aliphatic heterocycles. The maximum absolute atomic E-state index is 4.80. The zero-order valence-electron chi connectivity index (χ0n) is 13.1. The molecule has 0 radical (unpaired) electrons. The van der Waals surface area contributed by atoms with Gasteiger partial charge in [0.05, 0.1) is 0 Å². The van der Waals surface area contributed by atoms with E-state index in [-0.39, 0.29) is 0 Å². The molecule has 0 N–H and O–H groups in total. The van der Waals surface area contributed by atoms with Crippen LogP contribution in [0.15, 0.2) is 48.0 Å². The highest BCUT2D eigenvalue weighted by Crippen LogP contribution is 2.41. The number of rotatable bonds is 6. The normalized spacial score (nSPS) is 11.7. The lowest BCUT2D eigenvalue weighted by Gasteiger charge is -2.03. The first kappa shape index (κ1) is 15.7. The van der Waals surface area contributed by atoms with Crippen LogP contribution in [0.25, 0.3) is 16.0 Å². The van der Waals surface area contributed by atoms with E-state index in [0.29, 0.717) is 0 Å². The van der Waals surface area contributed by atoms with Crippen LogP contribution in [0.3, 0.4) is 0 Å². The van der Waals surface area contributed by atoms with Crippen molar-refractivity contribution in [3.63, 3.8) is 0 Å². The quantitative estimate of drug-likeness (QED) is 0.524. The van der Waals surface area contributed by atoms with Gasteiger partial charge in [-0.1, -0.05) is 57.2 Å². The van der Waals surface area contributed by atoms with Crippen molar-refractivity contribution in [3.8, 4) is 10.4 Å². The molecule has 1 nitrogen and oxygen atoms in total. The zero-order valence-corrected chi connectivity index (χ0v) is 14.0. The van der Waals surface area contributed by atoms with Crippen LogP contribution < -0.4 is 0 Å². The Morgan fingerprint density at radius 3 is 2.52 bits per heavy atom. The average molecular weight is 297 g/mol. The van der Waals surface area contributed by atoms with E-state index in [2.05, 4.69) is 57.7 Å². The predicted molar refractivity (Wildman–Crippen MR) is 96.8 cm³/mol. The van der Waals surface area contributed by atoms with Crippen LogP contribution >= 0.6 is 11.3 Å². The summed E-state index contributed by atoms with van der Waals surface area (Å²) in [5.41, 5.74) is 4.83. The summed E-state index contributed by atoms with van der Waals surface area (Å²) >= 11 is 1.76. The van der Waals surface area contributed by atoms with Crippen molar-refractivity contribution in [2.75, 3.05) is 0 Å². The minimum atomic E-state index is 0.984. The maximum atomic E-state index is 4.80. The smallest absolute Gasteiger partial charge is 0.123 e. The van der Waals surface area contributed by atoms with Crippen LogP contribution in [-0.4, -0.2) is 5.71 Å². The van der Waals surface area contributed by atoms with Gasteiger partial charge < -0.3 is 0 Å². The summed E-state index contributed by atoms with van der Waals surface area (Å²) in [5.74, 6) is 0. The number of benzene rings is 1. The molecule has 0 atom stereocenters. The molecule has 1 heterocycles. The largest absolute Gasteiger partial charge is 0.247 e. The molecule has 1 aromatic heterocycles. The molecule has 0 amide bonds.